The number of halogens is 3. The van der Waals surface area contributed by atoms with Crippen LogP contribution < -0.4 is 5.32 Å². The summed E-state index contributed by atoms with van der Waals surface area (Å²) in [6.07, 6.45) is -2.11. The number of hydrogen-bond acceptors (Lipinski definition) is 2. The van der Waals surface area contributed by atoms with Gasteiger partial charge in [0.05, 0.1) is 17.6 Å². The molecule has 0 aromatic heterocycles. The zero-order valence-corrected chi connectivity index (χ0v) is 11.4. The maximum absolute atomic E-state index is 13.6. The van der Waals surface area contributed by atoms with Crippen LogP contribution in [0.5, 0.6) is 0 Å². The zero-order valence-electron chi connectivity index (χ0n) is 10.7. The van der Waals surface area contributed by atoms with Gasteiger partial charge in [-0.15, -0.1) is 0 Å². The third-order valence-corrected chi connectivity index (χ3v) is 3.63. The molecule has 4 nitrogen and oxygen atoms in total. The van der Waals surface area contributed by atoms with Gasteiger partial charge in [-0.3, -0.25) is 0 Å². The van der Waals surface area contributed by atoms with Crippen molar-refractivity contribution in [3.05, 3.63) is 34.6 Å². The van der Waals surface area contributed by atoms with Crippen LogP contribution >= 0.6 is 11.6 Å². The maximum atomic E-state index is 13.6. The van der Waals surface area contributed by atoms with E-state index in [0.29, 0.717) is 5.56 Å². The van der Waals surface area contributed by atoms with Gasteiger partial charge in [0.25, 0.3) is 0 Å². The topological polar surface area (TPSA) is 52.6 Å². The summed E-state index contributed by atoms with van der Waals surface area (Å²) >= 11 is 5.67. The Kier molecular flexibility index (Phi) is 4.77. The van der Waals surface area contributed by atoms with Crippen molar-refractivity contribution in [1.82, 2.24) is 10.2 Å². The lowest BCUT2D eigenvalue weighted by Gasteiger charge is -2.21. The van der Waals surface area contributed by atoms with E-state index in [-0.39, 0.29) is 31.1 Å². The van der Waals surface area contributed by atoms with Crippen molar-refractivity contribution in [1.29, 1.82) is 0 Å². The first-order valence-electron chi connectivity index (χ1n) is 6.26. The van der Waals surface area contributed by atoms with Gasteiger partial charge >= 0.3 is 6.09 Å². The molecule has 7 heteroatoms. The number of likely N-dealkylation sites (tertiary alicyclic amines) is 1. The highest BCUT2D eigenvalue weighted by Gasteiger charge is 2.34. The van der Waals surface area contributed by atoms with Crippen molar-refractivity contribution in [3.8, 4) is 0 Å². The minimum absolute atomic E-state index is 0.0427. The summed E-state index contributed by atoms with van der Waals surface area (Å²) in [6, 6.07) is 4.26. The van der Waals surface area contributed by atoms with Gasteiger partial charge < -0.3 is 15.3 Å². The van der Waals surface area contributed by atoms with E-state index in [4.69, 9.17) is 16.7 Å². The Labute approximate surface area is 120 Å². The molecule has 0 radical (unpaired) electrons. The second-order valence-corrected chi connectivity index (χ2v) is 5.17. The van der Waals surface area contributed by atoms with E-state index in [1.165, 1.54) is 6.07 Å². The molecule has 1 saturated heterocycles. The summed E-state index contributed by atoms with van der Waals surface area (Å²) in [5, 5.41) is 11.9. The van der Waals surface area contributed by atoms with Crippen molar-refractivity contribution in [2.24, 2.45) is 0 Å². The lowest BCUT2D eigenvalue weighted by atomic mass is 10.2. The van der Waals surface area contributed by atoms with Gasteiger partial charge in [-0.25, -0.2) is 13.6 Å². The predicted octanol–water partition coefficient (Wildman–Crippen LogP) is 2.66. The third-order valence-electron chi connectivity index (χ3n) is 3.34. The first-order valence-corrected chi connectivity index (χ1v) is 6.64. The van der Waals surface area contributed by atoms with Crippen molar-refractivity contribution in [3.63, 3.8) is 0 Å². The van der Waals surface area contributed by atoms with E-state index in [1.54, 1.807) is 12.1 Å². The van der Waals surface area contributed by atoms with E-state index < -0.39 is 24.1 Å². The Hall–Kier alpha value is -1.40. The normalized spacial score (nSPS) is 22.2. The summed E-state index contributed by atoms with van der Waals surface area (Å²) in [6.45, 7) is 0.388. The third kappa shape index (κ3) is 3.37. The smallest absolute Gasteiger partial charge is 0.407 e. The van der Waals surface area contributed by atoms with Gasteiger partial charge in [0.2, 0.25) is 0 Å². The standard InChI is InChI=1S/C13H15ClF2N2O2/c14-11-3-1-2-8(12(11)16)5-17-6-10-4-9(15)7-18(10)13(19)20/h1-3,9-10,17H,4-7H2,(H,19,20)/t9-,10+/m1/s1. The number of nitrogens with one attached hydrogen (secondary N) is 1. The van der Waals surface area contributed by atoms with E-state index in [0.717, 1.165) is 4.90 Å². The molecule has 1 aliphatic rings. The van der Waals surface area contributed by atoms with Crippen molar-refractivity contribution in [2.75, 3.05) is 13.1 Å². The Morgan fingerprint density at radius 3 is 3.00 bits per heavy atom. The lowest BCUT2D eigenvalue weighted by Crippen LogP contribution is -2.40. The summed E-state index contributed by atoms with van der Waals surface area (Å²) in [5.74, 6) is -0.494. The summed E-state index contributed by atoms with van der Waals surface area (Å²) in [7, 11) is 0. The van der Waals surface area contributed by atoms with E-state index in [9.17, 15) is 13.6 Å². The molecule has 0 unspecified atom stereocenters. The fourth-order valence-electron chi connectivity index (χ4n) is 2.35. The van der Waals surface area contributed by atoms with Crippen LogP contribution in [-0.2, 0) is 6.54 Å². The van der Waals surface area contributed by atoms with E-state index >= 15 is 0 Å². The molecule has 1 aliphatic heterocycles. The maximum Gasteiger partial charge on any atom is 0.407 e. The van der Waals surface area contributed by atoms with Crippen LogP contribution in [0.4, 0.5) is 13.6 Å². The number of benzene rings is 1. The van der Waals surface area contributed by atoms with Crippen LogP contribution in [0.3, 0.4) is 0 Å². The molecule has 0 saturated carbocycles. The Balaban J connectivity index is 1.89. The average Bonchev–Trinajstić information content (AvgIpc) is 2.76. The summed E-state index contributed by atoms with van der Waals surface area (Å²) in [5.41, 5.74) is 0.397. The van der Waals surface area contributed by atoms with Crippen LogP contribution in [0.15, 0.2) is 18.2 Å². The lowest BCUT2D eigenvalue weighted by molar-refractivity contribution is 0.137. The molecule has 0 spiro atoms. The van der Waals surface area contributed by atoms with Crippen molar-refractivity contribution < 1.29 is 18.7 Å². The summed E-state index contributed by atoms with van der Waals surface area (Å²) in [4.78, 5) is 12.0. The molecule has 1 amide bonds. The van der Waals surface area contributed by atoms with E-state index in [2.05, 4.69) is 5.32 Å². The van der Waals surface area contributed by atoms with Crippen LogP contribution in [0.2, 0.25) is 5.02 Å². The first kappa shape index (κ1) is 15.0. The van der Waals surface area contributed by atoms with Crippen molar-refractivity contribution >= 4 is 17.7 Å². The van der Waals surface area contributed by atoms with Gasteiger partial charge in [0.15, 0.2) is 0 Å². The fraction of sp³-hybridized carbons (Fsp3) is 0.462. The molecule has 2 N–H and O–H groups in total. The Morgan fingerprint density at radius 1 is 1.55 bits per heavy atom. The molecule has 1 aromatic carbocycles. The Bertz CT molecular complexity index is 501. The second kappa shape index (κ2) is 6.37. The molecule has 1 fully saturated rings. The van der Waals surface area contributed by atoms with Crippen LogP contribution in [0, 0.1) is 5.82 Å². The van der Waals surface area contributed by atoms with Crippen molar-refractivity contribution in [2.45, 2.75) is 25.2 Å². The number of carboxylic acid groups (broad SMARTS) is 1. The molecule has 2 rings (SSSR count). The zero-order chi connectivity index (χ0) is 14.7. The fourth-order valence-corrected chi connectivity index (χ4v) is 2.54. The highest BCUT2D eigenvalue weighted by Crippen LogP contribution is 2.21. The van der Waals surface area contributed by atoms with Crippen LogP contribution in [-0.4, -0.2) is 41.4 Å². The number of amides is 1. The average molecular weight is 305 g/mol. The number of alkyl halides is 1. The SMILES string of the molecule is O=C(O)N1C[C@H](F)C[C@H]1CNCc1cccc(Cl)c1F. The quantitative estimate of drug-likeness (QED) is 0.899. The monoisotopic (exact) mass is 304 g/mol. The van der Waals surface area contributed by atoms with Gasteiger partial charge in [0.1, 0.15) is 12.0 Å². The first-order chi connectivity index (χ1) is 9.49. The number of carbonyl (C=O) groups is 1. The molecule has 110 valence electrons. The molecule has 0 aliphatic carbocycles. The molecular formula is C13H15ClF2N2O2. The molecule has 0 bridgehead atoms. The minimum Gasteiger partial charge on any atom is -0.465 e. The van der Waals surface area contributed by atoms with Gasteiger partial charge in [-0.1, -0.05) is 23.7 Å². The molecule has 2 atom stereocenters. The van der Waals surface area contributed by atoms with Gasteiger partial charge in [-0.05, 0) is 6.07 Å². The highest BCUT2D eigenvalue weighted by atomic mass is 35.5. The molecule has 20 heavy (non-hydrogen) atoms. The van der Waals surface area contributed by atoms with Crippen LogP contribution in [0.1, 0.15) is 12.0 Å². The second-order valence-electron chi connectivity index (χ2n) is 4.77. The largest absolute Gasteiger partial charge is 0.465 e. The summed E-state index contributed by atoms with van der Waals surface area (Å²) < 4.78 is 26.9. The van der Waals surface area contributed by atoms with E-state index in [1.807, 2.05) is 0 Å². The van der Waals surface area contributed by atoms with Crippen LogP contribution in [0.25, 0.3) is 0 Å². The number of rotatable bonds is 4. The Morgan fingerprint density at radius 2 is 2.30 bits per heavy atom. The number of nitrogens with zero attached hydrogens (tertiary/aromatic N) is 1. The molecular weight excluding hydrogens is 290 g/mol. The molecule has 1 aromatic rings. The molecule has 1 heterocycles. The number of hydrogen-bond donors (Lipinski definition) is 2. The van der Waals surface area contributed by atoms with Gasteiger partial charge in [0, 0.05) is 25.1 Å². The predicted molar refractivity (Wildman–Crippen MR) is 71.1 cm³/mol. The minimum atomic E-state index is -1.14. The van der Waals surface area contributed by atoms with Gasteiger partial charge in [-0.2, -0.15) is 0 Å². The highest BCUT2D eigenvalue weighted by molar-refractivity contribution is 6.30.